The number of allylic oxidation sites excluding steroid dienone is 1. The summed E-state index contributed by atoms with van der Waals surface area (Å²) in [4.78, 5) is 31.1. The molecule has 2 atom stereocenters. The monoisotopic (exact) mass is 463 g/mol. The molecule has 178 valence electrons. The first-order chi connectivity index (χ1) is 16.4. The van der Waals surface area contributed by atoms with Crippen molar-refractivity contribution in [1.29, 1.82) is 0 Å². The van der Waals surface area contributed by atoms with Crippen LogP contribution < -0.4 is 9.47 Å². The molecule has 7 nitrogen and oxygen atoms in total. The lowest BCUT2D eigenvalue weighted by Crippen LogP contribution is -2.39. The molecule has 34 heavy (non-hydrogen) atoms. The van der Waals surface area contributed by atoms with Crippen molar-refractivity contribution in [3.05, 3.63) is 64.9 Å². The first kappa shape index (κ1) is 23.5. The van der Waals surface area contributed by atoms with Gasteiger partial charge in [-0.2, -0.15) is 0 Å². The molecule has 2 aliphatic rings. The molecule has 0 amide bonds. The number of ether oxygens (including phenoxy) is 3. The van der Waals surface area contributed by atoms with Crippen LogP contribution in [0.5, 0.6) is 17.2 Å². The maximum atomic E-state index is 13.4. The highest BCUT2D eigenvalue weighted by Gasteiger charge is 2.44. The van der Waals surface area contributed by atoms with Crippen LogP contribution >= 0.6 is 0 Å². The number of methoxy groups -OCH3 is 1. The van der Waals surface area contributed by atoms with Gasteiger partial charge in [-0.05, 0) is 62.1 Å². The number of benzene rings is 2. The number of phenolic OH excluding ortho intramolecular Hbond substituents is 1. The van der Waals surface area contributed by atoms with Gasteiger partial charge in [0.05, 0.1) is 25.2 Å². The molecule has 1 heterocycles. The number of rotatable bonds is 7. The smallest absolute Gasteiger partial charge is 0.336 e. The van der Waals surface area contributed by atoms with Crippen molar-refractivity contribution in [3.8, 4) is 17.2 Å². The highest BCUT2D eigenvalue weighted by Crippen LogP contribution is 2.44. The van der Waals surface area contributed by atoms with Gasteiger partial charge in [0.1, 0.15) is 18.1 Å². The van der Waals surface area contributed by atoms with E-state index < -0.39 is 17.8 Å². The summed E-state index contributed by atoms with van der Waals surface area (Å²) in [6.45, 7) is 4.07. The zero-order chi connectivity index (χ0) is 24.2. The van der Waals surface area contributed by atoms with Gasteiger partial charge in [0.2, 0.25) is 0 Å². The van der Waals surface area contributed by atoms with Gasteiger partial charge in [-0.15, -0.1) is 0 Å². The summed E-state index contributed by atoms with van der Waals surface area (Å²) >= 11 is 0. The molecule has 1 saturated carbocycles. The van der Waals surface area contributed by atoms with Crippen molar-refractivity contribution in [1.82, 2.24) is 0 Å². The number of nitrogens with zero attached hydrogens (tertiary/aromatic N) is 1. The quantitative estimate of drug-likeness (QED) is 0.597. The zero-order valence-electron chi connectivity index (χ0n) is 19.7. The molecule has 2 aromatic carbocycles. The number of esters is 1. The Morgan fingerprint density at radius 2 is 1.88 bits per heavy atom. The van der Waals surface area contributed by atoms with E-state index in [1.54, 1.807) is 38.3 Å². The van der Waals surface area contributed by atoms with E-state index in [4.69, 9.17) is 14.2 Å². The number of ketones is 1. The van der Waals surface area contributed by atoms with Crippen molar-refractivity contribution >= 4 is 17.5 Å². The molecule has 0 aromatic heterocycles. The summed E-state index contributed by atoms with van der Waals surface area (Å²) < 4.78 is 16.4. The maximum absolute atomic E-state index is 13.4. The second-order valence-corrected chi connectivity index (χ2v) is 8.46. The largest absolute Gasteiger partial charge is 0.504 e. The molecule has 1 aliphatic heterocycles. The number of Topliss-reactive ketones (excluding diaryl/α,β-unsaturated/α-hetero) is 1. The minimum Gasteiger partial charge on any atom is -0.504 e. The minimum atomic E-state index is -0.552. The standard InChI is InChI=1S/C27H29NO6/c1-4-33-23-14-18(10-13-21(23)29)25-24(16(2)28-20-6-5-7-22(30)26(20)25)27(31)34-15-17-8-11-19(32-3)12-9-17/h8-14,25-26,29H,4-7,15H2,1-3H3/t25-,26?/m1/s1. The lowest BCUT2D eigenvalue weighted by Gasteiger charge is -2.35. The van der Waals surface area contributed by atoms with Crippen molar-refractivity contribution < 1.29 is 28.9 Å². The molecule has 2 aromatic rings. The maximum Gasteiger partial charge on any atom is 0.336 e. The van der Waals surface area contributed by atoms with Gasteiger partial charge in [-0.3, -0.25) is 9.79 Å². The Hall–Kier alpha value is -3.61. The number of aliphatic imine (C=N–C) groups is 1. The lowest BCUT2D eigenvalue weighted by atomic mass is 9.69. The Morgan fingerprint density at radius 3 is 2.59 bits per heavy atom. The molecule has 1 unspecified atom stereocenters. The first-order valence-electron chi connectivity index (χ1n) is 11.5. The summed E-state index contributed by atoms with van der Waals surface area (Å²) in [5, 5.41) is 10.2. The van der Waals surface area contributed by atoms with E-state index in [0.717, 1.165) is 29.9 Å². The van der Waals surface area contributed by atoms with Gasteiger partial charge in [0.15, 0.2) is 11.5 Å². The van der Waals surface area contributed by atoms with Crippen molar-refractivity contribution in [2.24, 2.45) is 10.9 Å². The van der Waals surface area contributed by atoms with Crippen LogP contribution in [-0.2, 0) is 20.9 Å². The van der Waals surface area contributed by atoms with Gasteiger partial charge >= 0.3 is 5.97 Å². The van der Waals surface area contributed by atoms with Crippen LogP contribution in [0.1, 0.15) is 50.2 Å². The molecule has 1 N–H and O–H groups in total. The summed E-state index contributed by atoms with van der Waals surface area (Å²) in [7, 11) is 1.59. The van der Waals surface area contributed by atoms with E-state index in [9.17, 15) is 14.7 Å². The van der Waals surface area contributed by atoms with Gasteiger partial charge in [-0.25, -0.2) is 4.79 Å². The van der Waals surface area contributed by atoms with Gasteiger partial charge in [0.25, 0.3) is 0 Å². The number of carbonyl (C=O) groups excluding carboxylic acids is 2. The summed E-state index contributed by atoms with van der Waals surface area (Å²) in [5.41, 5.74) is 3.25. The van der Waals surface area contributed by atoms with Crippen LogP contribution in [0.25, 0.3) is 0 Å². The average molecular weight is 464 g/mol. The fourth-order valence-electron chi connectivity index (χ4n) is 4.69. The molecule has 7 heteroatoms. The van der Waals surface area contributed by atoms with Crippen LogP contribution in [-0.4, -0.2) is 36.3 Å². The topological polar surface area (TPSA) is 94.4 Å². The fraction of sp³-hybridized carbons (Fsp3) is 0.370. The molecule has 0 spiro atoms. The Kier molecular flexibility index (Phi) is 7.01. The minimum absolute atomic E-state index is 0.00889. The normalized spacial score (nSPS) is 19.9. The van der Waals surface area contributed by atoms with Crippen LogP contribution in [0.15, 0.2) is 58.7 Å². The third kappa shape index (κ3) is 4.69. The van der Waals surface area contributed by atoms with Crippen LogP contribution in [0, 0.1) is 5.92 Å². The van der Waals surface area contributed by atoms with E-state index >= 15 is 0 Å². The van der Waals surface area contributed by atoms with E-state index in [2.05, 4.69) is 4.99 Å². The van der Waals surface area contributed by atoms with Crippen LogP contribution in [0.3, 0.4) is 0 Å². The molecule has 0 saturated heterocycles. The molecular weight excluding hydrogens is 434 g/mol. The number of fused-ring (bicyclic) bond motifs is 1. The second-order valence-electron chi connectivity index (χ2n) is 8.46. The molecular formula is C27H29NO6. The van der Waals surface area contributed by atoms with E-state index in [1.807, 2.05) is 19.1 Å². The number of carbonyl (C=O) groups is 2. The Morgan fingerprint density at radius 1 is 1.12 bits per heavy atom. The van der Waals surface area contributed by atoms with Gasteiger partial charge in [0, 0.05) is 23.7 Å². The van der Waals surface area contributed by atoms with Crippen molar-refractivity contribution in [3.63, 3.8) is 0 Å². The third-order valence-electron chi connectivity index (χ3n) is 6.30. The highest BCUT2D eigenvalue weighted by molar-refractivity contribution is 6.11. The molecule has 1 aliphatic carbocycles. The number of phenols is 1. The second kappa shape index (κ2) is 10.1. The summed E-state index contributed by atoms with van der Waals surface area (Å²) in [5.74, 6) is -0.482. The Balaban J connectivity index is 1.69. The Bertz CT molecular complexity index is 1150. The molecule has 0 bridgehead atoms. The number of hydrogen-bond acceptors (Lipinski definition) is 7. The van der Waals surface area contributed by atoms with Crippen LogP contribution in [0.4, 0.5) is 0 Å². The predicted molar refractivity (Wildman–Crippen MR) is 127 cm³/mol. The number of hydrogen-bond donors (Lipinski definition) is 1. The predicted octanol–water partition coefficient (Wildman–Crippen LogP) is 4.72. The fourth-order valence-corrected chi connectivity index (χ4v) is 4.69. The van der Waals surface area contributed by atoms with E-state index in [1.165, 1.54) is 6.07 Å². The summed E-state index contributed by atoms with van der Waals surface area (Å²) in [6, 6.07) is 12.3. The third-order valence-corrected chi connectivity index (χ3v) is 6.30. The lowest BCUT2D eigenvalue weighted by molar-refractivity contribution is -0.140. The SMILES string of the molecule is CCOc1cc([C@@H]2C(C(=O)OCc3ccc(OC)cc3)=C(C)N=C3CCCC(=O)C32)ccc1O. The Labute approximate surface area is 199 Å². The zero-order valence-corrected chi connectivity index (χ0v) is 19.7. The van der Waals surface area contributed by atoms with Gasteiger partial charge < -0.3 is 19.3 Å². The first-order valence-corrected chi connectivity index (χ1v) is 11.5. The average Bonchev–Trinajstić information content (AvgIpc) is 2.83. The molecule has 4 rings (SSSR count). The number of aromatic hydroxyl groups is 1. The van der Waals surface area contributed by atoms with Gasteiger partial charge in [-0.1, -0.05) is 18.2 Å². The molecule has 0 radical (unpaired) electrons. The molecule has 1 fully saturated rings. The van der Waals surface area contributed by atoms with Crippen molar-refractivity contribution in [2.75, 3.05) is 13.7 Å². The van der Waals surface area contributed by atoms with E-state index in [0.29, 0.717) is 35.6 Å². The highest BCUT2D eigenvalue weighted by atomic mass is 16.5. The van der Waals surface area contributed by atoms with Crippen molar-refractivity contribution in [2.45, 2.75) is 45.6 Å². The van der Waals surface area contributed by atoms with E-state index in [-0.39, 0.29) is 18.1 Å². The summed E-state index contributed by atoms with van der Waals surface area (Å²) in [6.07, 6.45) is 1.92. The van der Waals surface area contributed by atoms with Crippen LogP contribution in [0.2, 0.25) is 0 Å².